The van der Waals surface area contributed by atoms with Gasteiger partial charge in [-0.15, -0.1) is 34.5 Å². The summed E-state index contributed by atoms with van der Waals surface area (Å²) in [6.45, 7) is 1.74. The lowest BCUT2D eigenvalue weighted by atomic mass is 9.95. The fourth-order valence-electron chi connectivity index (χ4n) is 7.49. The third-order valence-corrected chi connectivity index (χ3v) is 12.5. The van der Waals surface area contributed by atoms with Crippen LogP contribution in [-0.2, 0) is 20.5 Å². The highest BCUT2D eigenvalue weighted by molar-refractivity contribution is 7.47. The molecule has 3 heterocycles. The lowest BCUT2D eigenvalue weighted by Crippen LogP contribution is -2.30. The smallest absolute Gasteiger partial charge is 0.426 e. The second kappa shape index (κ2) is 15.1. The Bertz CT molecular complexity index is 2550. The lowest BCUT2D eigenvalue weighted by Gasteiger charge is -2.20. The summed E-state index contributed by atoms with van der Waals surface area (Å²) >= 11 is 14.0. The van der Waals surface area contributed by atoms with Gasteiger partial charge in [-0.1, -0.05) is 78.9 Å². The number of carbonyl (C=O) groups excluding carboxylic acids is 3. The number of anilines is 2. The molecule has 14 heteroatoms. The summed E-state index contributed by atoms with van der Waals surface area (Å²) in [5.41, 5.74) is 3.48. The van der Waals surface area contributed by atoms with Crippen LogP contribution in [0.1, 0.15) is 54.8 Å². The molecule has 3 atom stereocenters. The van der Waals surface area contributed by atoms with Gasteiger partial charge in [-0.05, 0) is 39.6 Å². The van der Waals surface area contributed by atoms with Crippen molar-refractivity contribution in [3.63, 3.8) is 0 Å². The van der Waals surface area contributed by atoms with Crippen LogP contribution in [0, 0.1) is 0 Å². The van der Waals surface area contributed by atoms with Gasteiger partial charge in [0, 0.05) is 66.5 Å². The maximum atomic E-state index is 14.3. The SMILES string of the molecule is CC(=O)Oc1cc2c(c3ccccc13)[C@H](CCl)CN2C(=O)c1ccc(C(=O)N2C[C@@H](CCl)c3c2cc(OP(=O)(O)OCc2ccccc2)c2ccccc32)s1. The number of hydrogen-bond donors (Lipinski definition) is 1. The van der Waals surface area contributed by atoms with Crippen LogP contribution >= 0.6 is 42.4 Å². The second-order valence-corrected chi connectivity index (χ2v) is 16.4. The molecule has 1 N–H and O–H groups in total. The first kappa shape index (κ1) is 37.2. The number of phosphoric ester groups is 1. The molecule has 0 radical (unpaired) electrons. The molecular weight excluding hydrogens is 782 g/mol. The monoisotopic (exact) mass is 814 g/mol. The normalized spacial score (nSPS) is 17.2. The van der Waals surface area contributed by atoms with Crippen LogP contribution in [-0.4, -0.2) is 47.5 Å². The minimum Gasteiger partial charge on any atom is -0.426 e. The number of halogens is 2. The molecule has 280 valence electrons. The molecule has 0 fully saturated rings. The quantitative estimate of drug-likeness (QED) is 0.0628. The molecule has 1 unspecified atom stereocenters. The van der Waals surface area contributed by atoms with Crippen LogP contribution in [0.25, 0.3) is 21.5 Å². The van der Waals surface area contributed by atoms with E-state index in [2.05, 4.69) is 0 Å². The number of benzene rings is 5. The molecule has 6 aromatic rings. The molecule has 2 aliphatic rings. The van der Waals surface area contributed by atoms with Crippen molar-refractivity contribution in [3.8, 4) is 11.5 Å². The Morgan fingerprint density at radius 3 is 1.71 bits per heavy atom. The van der Waals surface area contributed by atoms with Crippen LogP contribution in [0.4, 0.5) is 11.4 Å². The van der Waals surface area contributed by atoms with Gasteiger partial charge in [-0.2, -0.15) is 0 Å². The number of nitrogens with zero attached hydrogens (tertiary/aromatic N) is 2. The number of esters is 1. The minimum atomic E-state index is -4.61. The highest BCUT2D eigenvalue weighted by Crippen LogP contribution is 2.52. The third-order valence-electron chi connectivity index (χ3n) is 9.85. The summed E-state index contributed by atoms with van der Waals surface area (Å²) in [6, 6.07) is 30.3. The zero-order chi connectivity index (χ0) is 38.4. The zero-order valence-electron chi connectivity index (χ0n) is 29.3. The van der Waals surface area contributed by atoms with Crippen molar-refractivity contribution in [1.82, 2.24) is 0 Å². The largest absolute Gasteiger partial charge is 0.527 e. The van der Waals surface area contributed by atoms with E-state index in [1.165, 1.54) is 6.92 Å². The standard InChI is InChI=1S/C41H33Cl2N2O8PS/c1-24(46)52-34-17-32-38(30-13-7-5-11-28(30)34)26(19-42)21-44(32)40(47)36-15-16-37(55-36)41(48)45-22-27(20-43)39-31-14-8-6-12-29(31)35(18-33(39)45)53-54(49,50)51-23-25-9-3-2-4-10-25/h2-18,26-27H,19-23H2,1H3,(H,49,50)/t26-,27-/m1/s1. The highest BCUT2D eigenvalue weighted by atomic mass is 35.5. The first-order valence-electron chi connectivity index (χ1n) is 17.4. The molecule has 0 bridgehead atoms. The average molecular weight is 816 g/mol. The Labute approximate surface area is 330 Å². The van der Waals surface area contributed by atoms with Gasteiger partial charge in [-0.25, -0.2) is 4.57 Å². The van der Waals surface area contributed by atoms with Crippen LogP contribution in [0.15, 0.2) is 103 Å². The molecule has 0 aliphatic carbocycles. The van der Waals surface area contributed by atoms with Gasteiger partial charge < -0.3 is 19.1 Å². The third kappa shape index (κ3) is 7.01. The number of fused-ring (bicyclic) bond motifs is 6. The fraction of sp³-hybridized carbons (Fsp3) is 0.195. The van der Waals surface area contributed by atoms with E-state index in [0.717, 1.165) is 38.6 Å². The van der Waals surface area contributed by atoms with Crippen LogP contribution in [0.5, 0.6) is 11.5 Å². The number of rotatable bonds is 10. The maximum absolute atomic E-state index is 14.3. The van der Waals surface area contributed by atoms with Crippen molar-refractivity contribution in [1.29, 1.82) is 0 Å². The van der Waals surface area contributed by atoms with Crippen LogP contribution < -0.4 is 19.1 Å². The average Bonchev–Trinajstić information content (AvgIpc) is 3.93. The molecule has 0 saturated heterocycles. The zero-order valence-corrected chi connectivity index (χ0v) is 32.5. The van der Waals surface area contributed by atoms with E-state index < -0.39 is 13.8 Å². The predicted octanol–water partition coefficient (Wildman–Crippen LogP) is 9.64. The Balaban J connectivity index is 1.11. The summed E-state index contributed by atoms with van der Waals surface area (Å²) < 4.78 is 29.8. The van der Waals surface area contributed by atoms with E-state index >= 15 is 0 Å². The number of alkyl halides is 2. The van der Waals surface area contributed by atoms with Gasteiger partial charge in [0.05, 0.1) is 27.7 Å². The molecule has 8 rings (SSSR count). The Morgan fingerprint density at radius 1 is 0.727 bits per heavy atom. The Hall–Kier alpha value is -4.74. The van der Waals surface area contributed by atoms with Gasteiger partial charge in [0.2, 0.25) is 0 Å². The van der Waals surface area contributed by atoms with E-state index in [1.54, 1.807) is 70.5 Å². The summed E-state index contributed by atoms with van der Waals surface area (Å²) in [6.07, 6.45) is 0. The summed E-state index contributed by atoms with van der Waals surface area (Å²) in [5, 5.41) is 2.88. The molecule has 0 spiro atoms. The van der Waals surface area contributed by atoms with E-state index in [-0.39, 0.29) is 54.3 Å². The molecular formula is C41H33Cl2N2O8PS. The second-order valence-electron chi connectivity index (χ2n) is 13.3. The first-order chi connectivity index (χ1) is 26.6. The van der Waals surface area contributed by atoms with E-state index in [4.69, 9.17) is 37.0 Å². The molecule has 0 saturated carbocycles. The Morgan fingerprint density at radius 2 is 1.20 bits per heavy atom. The van der Waals surface area contributed by atoms with Crippen LogP contribution in [0.3, 0.4) is 0 Å². The molecule has 1 aromatic heterocycles. The summed E-state index contributed by atoms with van der Waals surface area (Å²) in [7, 11) is -4.61. The predicted molar refractivity (Wildman–Crippen MR) is 215 cm³/mol. The van der Waals surface area contributed by atoms with Crippen molar-refractivity contribution >= 4 is 93.1 Å². The van der Waals surface area contributed by atoms with Gasteiger partial charge in [0.15, 0.2) is 0 Å². The Kier molecular flexibility index (Phi) is 10.2. The molecule has 10 nitrogen and oxygen atoms in total. The summed E-state index contributed by atoms with van der Waals surface area (Å²) in [4.78, 5) is 55.2. The number of ether oxygens (including phenoxy) is 1. The molecule has 2 amide bonds. The number of phosphoric acid groups is 1. The van der Waals surface area contributed by atoms with Crippen molar-refractivity contribution in [2.24, 2.45) is 0 Å². The van der Waals surface area contributed by atoms with Gasteiger partial charge in [-0.3, -0.25) is 23.8 Å². The van der Waals surface area contributed by atoms with Crippen LogP contribution in [0.2, 0.25) is 0 Å². The van der Waals surface area contributed by atoms with Gasteiger partial charge in [0.25, 0.3) is 11.8 Å². The first-order valence-corrected chi connectivity index (χ1v) is 20.8. The van der Waals surface area contributed by atoms with Crippen molar-refractivity contribution in [3.05, 3.63) is 130 Å². The number of thiophene rings is 1. The summed E-state index contributed by atoms with van der Waals surface area (Å²) in [5.74, 6) is -0.684. The van der Waals surface area contributed by atoms with Gasteiger partial charge >= 0.3 is 13.8 Å². The molecule has 5 aromatic carbocycles. The van der Waals surface area contributed by atoms with Crippen molar-refractivity contribution < 1.29 is 37.6 Å². The maximum Gasteiger partial charge on any atom is 0.527 e. The van der Waals surface area contributed by atoms with E-state index in [0.29, 0.717) is 44.4 Å². The van der Waals surface area contributed by atoms with Gasteiger partial charge in [0.1, 0.15) is 11.5 Å². The topological polar surface area (TPSA) is 123 Å². The molecule has 2 aliphatic heterocycles. The fourth-order valence-corrected chi connectivity index (χ4v) is 9.66. The number of hydrogen-bond acceptors (Lipinski definition) is 8. The number of carbonyl (C=O) groups is 3. The van der Waals surface area contributed by atoms with E-state index in [9.17, 15) is 23.8 Å². The minimum absolute atomic E-state index is 0.0745. The highest BCUT2D eigenvalue weighted by Gasteiger charge is 2.39. The molecule has 55 heavy (non-hydrogen) atoms. The lowest BCUT2D eigenvalue weighted by molar-refractivity contribution is -0.131. The van der Waals surface area contributed by atoms with E-state index in [1.807, 2.05) is 42.5 Å². The van der Waals surface area contributed by atoms with Crippen molar-refractivity contribution in [2.75, 3.05) is 34.6 Å². The number of amides is 2. The van der Waals surface area contributed by atoms with Crippen molar-refractivity contribution in [2.45, 2.75) is 25.4 Å².